The van der Waals surface area contributed by atoms with Gasteiger partial charge in [-0.05, 0) is 6.92 Å². The highest BCUT2D eigenvalue weighted by molar-refractivity contribution is 6.18. The zero-order valence-electron chi connectivity index (χ0n) is 7.49. The highest BCUT2D eigenvalue weighted by Crippen LogP contribution is 2.12. The lowest BCUT2D eigenvalue weighted by atomic mass is 10.1. The van der Waals surface area contributed by atoms with E-state index in [0.717, 1.165) is 12.2 Å². The zero-order valence-corrected chi connectivity index (χ0v) is 7.49. The highest BCUT2D eigenvalue weighted by Gasteiger charge is 2.21. The summed E-state index contributed by atoms with van der Waals surface area (Å²) >= 11 is 0. The van der Waals surface area contributed by atoms with Crippen LogP contribution in [0.3, 0.4) is 0 Å². The number of allylic oxidation sites excluding steroid dienone is 2. The van der Waals surface area contributed by atoms with Gasteiger partial charge < -0.3 is 9.47 Å². The van der Waals surface area contributed by atoms with Crippen molar-refractivity contribution in [3.05, 3.63) is 23.7 Å². The van der Waals surface area contributed by atoms with Gasteiger partial charge in [0.1, 0.15) is 0 Å². The van der Waals surface area contributed by atoms with Gasteiger partial charge in [0.2, 0.25) is 11.6 Å². The monoisotopic (exact) mass is 182 g/mol. The molecular weight excluding hydrogens is 172 g/mol. The second kappa shape index (κ2) is 3.89. The van der Waals surface area contributed by atoms with E-state index in [9.17, 15) is 9.59 Å². The Balaban J connectivity index is 2.85. The normalized spacial score (nSPS) is 16.5. The first-order valence-electron chi connectivity index (χ1n) is 3.88. The molecule has 4 heteroatoms. The molecule has 4 nitrogen and oxygen atoms in total. The molecule has 0 bridgehead atoms. The van der Waals surface area contributed by atoms with Gasteiger partial charge in [0, 0.05) is 12.2 Å². The summed E-state index contributed by atoms with van der Waals surface area (Å²) < 4.78 is 9.64. The standard InChI is InChI=1S/C9H10O4/c1-3-13-9-5-6(10)8(12-2)4-7(9)11/h4-5H,3H2,1-2H3. The van der Waals surface area contributed by atoms with Crippen molar-refractivity contribution in [2.45, 2.75) is 6.92 Å². The number of methoxy groups -OCH3 is 1. The lowest BCUT2D eigenvalue weighted by molar-refractivity contribution is -0.119. The van der Waals surface area contributed by atoms with Crippen LogP contribution in [0.25, 0.3) is 0 Å². The molecule has 0 atom stereocenters. The van der Waals surface area contributed by atoms with Gasteiger partial charge in [-0.1, -0.05) is 0 Å². The molecule has 70 valence electrons. The van der Waals surface area contributed by atoms with Crippen LogP contribution < -0.4 is 0 Å². The number of carbonyl (C=O) groups is 2. The van der Waals surface area contributed by atoms with Gasteiger partial charge in [0.15, 0.2) is 11.5 Å². The molecule has 0 unspecified atom stereocenters. The summed E-state index contributed by atoms with van der Waals surface area (Å²) in [6.45, 7) is 2.11. The van der Waals surface area contributed by atoms with Crippen LogP contribution in [0.5, 0.6) is 0 Å². The quantitative estimate of drug-likeness (QED) is 0.599. The molecule has 0 amide bonds. The minimum absolute atomic E-state index is 0.0495. The van der Waals surface area contributed by atoms with E-state index in [1.165, 1.54) is 7.11 Å². The number of ether oxygens (including phenoxy) is 2. The molecule has 0 aromatic carbocycles. The van der Waals surface area contributed by atoms with E-state index in [4.69, 9.17) is 9.47 Å². The van der Waals surface area contributed by atoms with Crippen molar-refractivity contribution in [1.29, 1.82) is 0 Å². The predicted molar refractivity (Wildman–Crippen MR) is 44.8 cm³/mol. The third kappa shape index (κ3) is 1.96. The first-order chi connectivity index (χ1) is 6.19. The predicted octanol–water partition coefficient (Wildman–Crippen LogP) is 0.589. The molecule has 0 aromatic rings. The fourth-order valence-electron chi connectivity index (χ4n) is 0.950. The minimum atomic E-state index is -0.342. The van der Waals surface area contributed by atoms with Gasteiger partial charge in [-0.15, -0.1) is 0 Å². The van der Waals surface area contributed by atoms with E-state index < -0.39 is 0 Å². The van der Waals surface area contributed by atoms with Crippen LogP contribution in [0.2, 0.25) is 0 Å². The fraction of sp³-hybridized carbons (Fsp3) is 0.333. The van der Waals surface area contributed by atoms with Crippen LogP contribution in [-0.4, -0.2) is 25.3 Å². The van der Waals surface area contributed by atoms with Crippen molar-refractivity contribution in [2.24, 2.45) is 0 Å². The fourth-order valence-corrected chi connectivity index (χ4v) is 0.950. The number of hydrogen-bond acceptors (Lipinski definition) is 4. The Morgan fingerprint density at radius 1 is 1.15 bits per heavy atom. The molecule has 0 spiro atoms. The largest absolute Gasteiger partial charge is 0.493 e. The van der Waals surface area contributed by atoms with Crippen LogP contribution in [0.1, 0.15) is 6.92 Å². The maximum Gasteiger partial charge on any atom is 0.224 e. The molecule has 0 aromatic heterocycles. The van der Waals surface area contributed by atoms with Gasteiger partial charge in [0.05, 0.1) is 13.7 Å². The summed E-state index contributed by atoms with van der Waals surface area (Å²) in [6.07, 6.45) is 2.28. The number of ketones is 2. The van der Waals surface area contributed by atoms with E-state index in [2.05, 4.69) is 0 Å². The Hall–Kier alpha value is -1.58. The van der Waals surface area contributed by atoms with E-state index in [-0.39, 0.29) is 23.1 Å². The lowest BCUT2D eigenvalue weighted by Gasteiger charge is -2.10. The number of rotatable bonds is 3. The van der Waals surface area contributed by atoms with Crippen LogP contribution >= 0.6 is 0 Å². The molecule has 1 rings (SSSR count). The average molecular weight is 182 g/mol. The van der Waals surface area contributed by atoms with Crippen LogP contribution in [0.15, 0.2) is 23.7 Å². The Morgan fingerprint density at radius 3 is 2.23 bits per heavy atom. The van der Waals surface area contributed by atoms with Gasteiger partial charge >= 0.3 is 0 Å². The number of carbonyl (C=O) groups excluding carboxylic acids is 2. The topological polar surface area (TPSA) is 52.6 Å². The second-order valence-corrected chi connectivity index (χ2v) is 2.38. The molecule has 1 aliphatic rings. The minimum Gasteiger partial charge on any atom is -0.493 e. The molecule has 0 radical (unpaired) electrons. The van der Waals surface area contributed by atoms with E-state index in [1.807, 2.05) is 0 Å². The molecule has 0 saturated carbocycles. The Kier molecular flexibility index (Phi) is 2.84. The lowest BCUT2D eigenvalue weighted by Crippen LogP contribution is -2.15. The van der Waals surface area contributed by atoms with Crippen molar-refractivity contribution in [1.82, 2.24) is 0 Å². The van der Waals surface area contributed by atoms with Gasteiger partial charge in [-0.3, -0.25) is 9.59 Å². The highest BCUT2D eigenvalue weighted by atomic mass is 16.5. The van der Waals surface area contributed by atoms with Crippen molar-refractivity contribution >= 4 is 11.6 Å². The summed E-state index contributed by atoms with van der Waals surface area (Å²) in [5.41, 5.74) is 0. The van der Waals surface area contributed by atoms with Crippen LogP contribution in [0, 0.1) is 0 Å². The zero-order chi connectivity index (χ0) is 9.84. The molecule has 13 heavy (non-hydrogen) atoms. The third-order valence-corrected chi connectivity index (χ3v) is 1.53. The second-order valence-electron chi connectivity index (χ2n) is 2.38. The third-order valence-electron chi connectivity index (χ3n) is 1.53. The SMILES string of the molecule is CCOC1=CC(=O)C(OC)=CC1=O. The molecule has 0 saturated heterocycles. The Bertz CT molecular complexity index is 299. The van der Waals surface area contributed by atoms with E-state index in [1.54, 1.807) is 6.92 Å². The van der Waals surface area contributed by atoms with Gasteiger partial charge in [-0.2, -0.15) is 0 Å². The van der Waals surface area contributed by atoms with Crippen molar-refractivity contribution in [3.63, 3.8) is 0 Å². The van der Waals surface area contributed by atoms with Crippen LogP contribution in [0.4, 0.5) is 0 Å². The molecule has 1 aliphatic carbocycles. The number of hydrogen-bond donors (Lipinski definition) is 0. The Morgan fingerprint density at radius 2 is 1.69 bits per heavy atom. The molecule has 0 N–H and O–H groups in total. The van der Waals surface area contributed by atoms with Crippen molar-refractivity contribution < 1.29 is 19.1 Å². The molecule has 0 heterocycles. The van der Waals surface area contributed by atoms with E-state index in [0.29, 0.717) is 6.61 Å². The van der Waals surface area contributed by atoms with E-state index >= 15 is 0 Å². The summed E-state index contributed by atoms with van der Waals surface area (Å²) in [6, 6.07) is 0. The first-order valence-corrected chi connectivity index (χ1v) is 3.88. The maximum absolute atomic E-state index is 11.2. The van der Waals surface area contributed by atoms with Crippen LogP contribution in [-0.2, 0) is 19.1 Å². The summed E-state index contributed by atoms with van der Waals surface area (Å²) in [5.74, 6) is -0.550. The smallest absolute Gasteiger partial charge is 0.224 e. The molecule has 0 fully saturated rings. The van der Waals surface area contributed by atoms with Gasteiger partial charge in [-0.25, -0.2) is 0 Å². The Labute approximate surface area is 75.8 Å². The summed E-state index contributed by atoms with van der Waals surface area (Å²) in [7, 11) is 1.34. The first kappa shape index (κ1) is 9.51. The molecular formula is C9H10O4. The summed E-state index contributed by atoms with van der Waals surface area (Å²) in [5, 5.41) is 0. The van der Waals surface area contributed by atoms with Gasteiger partial charge in [0.25, 0.3) is 0 Å². The maximum atomic E-state index is 11.2. The van der Waals surface area contributed by atoms with Crippen molar-refractivity contribution in [3.8, 4) is 0 Å². The summed E-state index contributed by atoms with van der Waals surface area (Å²) in [4.78, 5) is 22.4. The van der Waals surface area contributed by atoms with Crippen molar-refractivity contribution in [2.75, 3.05) is 13.7 Å². The average Bonchev–Trinajstić information content (AvgIpc) is 2.11. The molecule has 0 aliphatic heterocycles.